The number of nitrogens with zero attached hydrogens (tertiary/aromatic N) is 1. The predicted octanol–water partition coefficient (Wildman–Crippen LogP) is 2.08. The summed E-state index contributed by atoms with van der Waals surface area (Å²) in [4.78, 5) is 4.24. The molecule has 4 nitrogen and oxygen atoms in total. The van der Waals surface area contributed by atoms with Crippen LogP contribution < -0.4 is 10.8 Å². The molecule has 18 heavy (non-hydrogen) atoms. The van der Waals surface area contributed by atoms with Crippen molar-refractivity contribution in [2.24, 2.45) is 0 Å². The van der Waals surface area contributed by atoms with E-state index in [4.69, 9.17) is 20.9 Å². The molecule has 2 rings (SSSR count). The Kier molecular flexibility index (Phi) is 3.34. The fourth-order valence-corrected chi connectivity index (χ4v) is 2.07. The molecule has 0 saturated carbocycles. The summed E-state index contributed by atoms with van der Waals surface area (Å²) in [6.45, 7) is 8.04. The number of aromatic nitrogens is 1. The standard InChI is InChI=1S/C12H18BClN2O2/c1-11(2)12(3,4)18-13(17-11)9-8(14)6-7-16-10(9)15-5/h6-7H,1-5H3,(H,15,16). The second-order valence-electron chi connectivity index (χ2n) is 5.39. The molecule has 1 aliphatic heterocycles. The minimum absolute atomic E-state index is 0.387. The fourth-order valence-electron chi connectivity index (χ4n) is 1.83. The molecular formula is C12H18BClN2O2. The summed E-state index contributed by atoms with van der Waals surface area (Å²) in [6.07, 6.45) is 1.66. The first kappa shape index (κ1) is 13.7. The van der Waals surface area contributed by atoms with Gasteiger partial charge in [0.1, 0.15) is 5.82 Å². The zero-order valence-electron chi connectivity index (χ0n) is 11.4. The lowest BCUT2D eigenvalue weighted by atomic mass is 9.79. The molecule has 98 valence electrons. The van der Waals surface area contributed by atoms with Crippen molar-refractivity contribution in [1.82, 2.24) is 4.98 Å². The van der Waals surface area contributed by atoms with Crippen molar-refractivity contribution in [2.45, 2.75) is 38.9 Å². The van der Waals surface area contributed by atoms with Crippen molar-refractivity contribution in [3.05, 3.63) is 17.3 Å². The van der Waals surface area contributed by atoms with E-state index < -0.39 is 7.12 Å². The molecule has 1 fully saturated rings. The van der Waals surface area contributed by atoms with E-state index in [1.807, 2.05) is 27.7 Å². The van der Waals surface area contributed by atoms with Crippen LogP contribution in [-0.2, 0) is 9.31 Å². The number of halogens is 1. The van der Waals surface area contributed by atoms with Crippen molar-refractivity contribution >= 4 is 30.0 Å². The summed E-state index contributed by atoms with van der Waals surface area (Å²) in [5.74, 6) is 0.681. The molecule has 1 aromatic rings. The minimum Gasteiger partial charge on any atom is -0.399 e. The number of hydrogen-bond acceptors (Lipinski definition) is 4. The van der Waals surface area contributed by atoms with Crippen molar-refractivity contribution < 1.29 is 9.31 Å². The summed E-state index contributed by atoms with van der Waals surface area (Å²) >= 11 is 6.23. The highest BCUT2D eigenvalue weighted by atomic mass is 35.5. The Labute approximate surface area is 113 Å². The number of rotatable bonds is 2. The molecule has 1 saturated heterocycles. The number of pyridine rings is 1. The monoisotopic (exact) mass is 268 g/mol. The van der Waals surface area contributed by atoms with Gasteiger partial charge in [-0.15, -0.1) is 0 Å². The van der Waals surface area contributed by atoms with E-state index in [1.165, 1.54) is 0 Å². The van der Waals surface area contributed by atoms with Gasteiger partial charge in [0.2, 0.25) is 0 Å². The second kappa shape index (κ2) is 4.40. The van der Waals surface area contributed by atoms with Gasteiger partial charge in [-0.05, 0) is 33.8 Å². The van der Waals surface area contributed by atoms with Crippen molar-refractivity contribution in [3.63, 3.8) is 0 Å². The minimum atomic E-state index is -0.501. The third kappa shape index (κ3) is 2.11. The average Bonchev–Trinajstić information content (AvgIpc) is 2.47. The van der Waals surface area contributed by atoms with Crippen LogP contribution in [0.25, 0.3) is 0 Å². The first-order valence-corrected chi connectivity index (χ1v) is 6.34. The van der Waals surface area contributed by atoms with Gasteiger partial charge in [-0.1, -0.05) is 11.6 Å². The van der Waals surface area contributed by atoms with Gasteiger partial charge in [-0.25, -0.2) is 4.98 Å². The van der Waals surface area contributed by atoms with Gasteiger partial charge in [0, 0.05) is 23.7 Å². The molecule has 0 spiro atoms. The molecule has 0 radical (unpaired) electrons. The fraction of sp³-hybridized carbons (Fsp3) is 0.583. The van der Waals surface area contributed by atoms with Crippen LogP contribution in [0.5, 0.6) is 0 Å². The third-order valence-corrected chi connectivity index (χ3v) is 3.99. The molecule has 1 N–H and O–H groups in total. The maximum absolute atomic E-state index is 6.23. The van der Waals surface area contributed by atoms with E-state index in [1.54, 1.807) is 19.3 Å². The van der Waals surface area contributed by atoms with E-state index >= 15 is 0 Å². The molecule has 0 amide bonds. The van der Waals surface area contributed by atoms with Crippen LogP contribution >= 0.6 is 11.6 Å². The predicted molar refractivity (Wildman–Crippen MR) is 74.5 cm³/mol. The van der Waals surface area contributed by atoms with Gasteiger partial charge < -0.3 is 14.6 Å². The molecule has 0 bridgehead atoms. The smallest absolute Gasteiger partial charge is 0.399 e. The van der Waals surface area contributed by atoms with Crippen LogP contribution in [0.3, 0.4) is 0 Å². The van der Waals surface area contributed by atoms with Crippen LogP contribution in [0, 0.1) is 0 Å². The lowest BCUT2D eigenvalue weighted by molar-refractivity contribution is 0.00578. The van der Waals surface area contributed by atoms with E-state index in [2.05, 4.69) is 10.3 Å². The summed E-state index contributed by atoms with van der Waals surface area (Å²) in [6, 6.07) is 1.74. The van der Waals surface area contributed by atoms with Crippen molar-refractivity contribution in [3.8, 4) is 0 Å². The summed E-state index contributed by atoms with van der Waals surface area (Å²) < 4.78 is 12.0. The summed E-state index contributed by atoms with van der Waals surface area (Å²) in [5, 5.41) is 3.60. The van der Waals surface area contributed by atoms with Gasteiger partial charge in [-0.3, -0.25) is 0 Å². The molecule has 0 aromatic carbocycles. The first-order valence-electron chi connectivity index (χ1n) is 5.96. The molecule has 0 unspecified atom stereocenters. The first-order chi connectivity index (χ1) is 8.28. The zero-order valence-corrected chi connectivity index (χ0v) is 12.1. The van der Waals surface area contributed by atoms with Crippen LogP contribution in [-0.4, -0.2) is 30.4 Å². The third-order valence-electron chi connectivity index (χ3n) is 3.66. The Bertz CT molecular complexity index is 449. The lowest BCUT2D eigenvalue weighted by Crippen LogP contribution is -2.41. The van der Waals surface area contributed by atoms with Gasteiger partial charge in [0.25, 0.3) is 0 Å². The maximum atomic E-state index is 6.23. The Hall–Kier alpha value is -0.775. The lowest BCUT2D eigenvalue weighted by Gasteiger charge is -2.32. The highest BCUT2D eigenvalue weighted by Crippen LogP contribution is 2.37. The Morgan fingerprint density at radius 1 is 1.22 bits per heavy atom. The van der Waals surface area contributed by atoms with Gasteiger partial charge in [0.05, 0.1) is 11.2 Å². The highest BCUT2D eigenvalue weighted by molar-refractivity contribution is 6.67. The second-order valence-corrected chi connectivity index (χ2v) is 5.80. The van der Waals surface area contributed by atoms with Crippen LogP contribution in [0.2, 0.25) is 5.02 Å². The average molecular weight is 269 g/mol. The SMILES string of the molecule is CNc1nccc(Cl)c1B1OC(C)(C)C(C)(C)O1. The molecular weight excluding hydrogens is 250 g/mol. The maximum Gasteiger partial charge on any atom is 0.500 e. The highest BCUT2D eigenvalue weighted by Gasteiger charge is 2.53. The topological polar surface area (TPSA) is 43.4 Å². The van der Waals surface area contributed by atoms with Gasteiger partial charge in [-0.2, -0.15) is 0 Å². The van der Waals surface area contributed by atoms with E-state index in [-0.39, 0.29) is 11.2 Å². The van der Waals surface area contributed by atoms with E-state index in [0.717, 1.165) is 5.46 Å². The summed E-state index contributed by atoms with van der Waals surface area (Å²) in [7, 11) is 1.30. The normalized spacial score (nSPS) is 21.1. The Morgan fingerprint density at radius 3 is 2.28 bits per heavy atom. The number of hydrogen-bond donors (Lipinski definition) is 1. The summed E-state index contributed by atoms with van der Waals surface area (Å²) in [5.41, 5.74) is -0.0238. The van der Waals surface area contributed by atoms with E-state index in [9.17, 15) is 0 Å². The van der Waals surface area contributed by atoms with Crippen LogP contribution in [0.15, 0.2) is 12.3 Å². The molecule has 0 atom stereocenters. The molecule has 1 aromatic heterocycles. The van der Waals surface area contributed by atoms with Crippen molar-refractivity contribution in [1.29, 1.82) is 0 Å². The van der Waals surface area contributed by atoms with Gasteiger partial charge in [0.15, 0.2) is 0 Å². The number of nitrogens with one attached hydrogen (secondary N) is 1. The van der Waals surface area contributed by atoms with Crippen molar-refractivity contribution in [2.75, 3.05) is 12.4 Å². The van der Waals surface area contributed by atoms with E-state index in [0.29, 0.717) is 10.8 Å². The Balaban J connectivity index is 2.41. The molecule has 0 aliphatic carbocycles. The van der Waals surface area contributed by atoms with Crippen LogP contribution in [0.1, 0.15) is 27.7 Å². The molecule has 2 heterocycles. The molecule has 1 aliphatic rings. The zero-order chi connectivity index (χ0) is 13.6. The molecule has 6 heteroatoms. The Morgan fingerprint density at radius 2 is 1.78 bits per heavy atom. The van der Waals surface area contributed by atoms with Crippen LogP contribution in [0.4, 0.5) is 5.82 Å². The van der Waals surface area contributed by atoms with Gasteiger partial charge >= 0.3 is 7.12 Å². The largest absolute Gasteiger partial charge is 0.500 e. The number of anilines is 1. The quantitative estimate of drug-likeness (QED) is 0.834.